The maximum Gasteiger partial charge on any atom is 0.119 e. The standard InChI is InChI=1S/C17H18ClNO/c1-2-20-16-7-8-17-13(10-16)9-14(11-19-17)12-3-5-15(18)6-4-12/h3-8,10,14,19H,2,9,11H2,1H3. The molecule has 0 fully saturated rings. The largest absolute Gasteiger partial charge is 0.494 e. The fourth-order valence-corrected chi connectivity index (χ4v) is 2.84. The van der Waals surface area contributed by atoms with Gasteiger partial charge in [-0.15, -0.1) is 0 Å². The molecule has 0 aliphatic carbocycles. The maximum atomic E-state index is 5.96. The summed E-state index contributed by atoms with van der Waals surface area (Å²) in [5, 5.41) is 4.30. The summed E-state index contributed by atoms with van der Waals surface area (Å²) >= 11 is 5.96. The number of fused-ring (bicyclic) bond motifs is 1. The van der Waals surface area contributed by atoms with Gasteiger partial charge in [0.25, 0.3) is 0 Å². The van der Waals surface area contributed by atoms with E-state index < -0.39 is 0 Å². The van der Waals surface area contributed by atoms with Gasteiger partial charge in [-0.05, 0) is 54.8 Å². The van der Waals surface area contributed by atoms with Crippen LogP contribution in [0.3, 0.4) is 0 Å². The fourth-order valence-electron chi connectivity index (χ4n) is 2.71. The second kappa shape index (κ2) is 5.76. The molecule has 0 saturated carbocycles. The van der Waals surface area contributed by atoms with Crippen LogP contribution in [0, 0.1) is 0 Å². The van der Waals surface area contributed by atoms with Gasteiger partial charge in [-0.25, -0.2) is 0 Å². The Bertz CT molecular complexity index is 594. The highest BCUT2D eigenvalue weighted by molar-refractivity contribution is 6.30. The molecule has 0 saturated heterocycles. The number of rotatable bonds is 3. The Balaban J connectivity index is 1.83. The van der Waals surface area contributed by atoms with Crippen molar-refractivity contribution in [3.63, 3.8) is 0 Å². The van der Waals surface area contributed by atoms with Gasteiger partial charge in [-0.3, -0.25) is 0 Å². The predicted octanol–water partition coefficient (Wildman–Crippen LogP) is 4.49. The summed E-state index contributed by atoms with van der Waals surface area (Å²) in [6, 6.07) is 14.4. The van der Waals surface area contributed by atoms with Crippen molar-refractivity contribution in [3.8, 4) is 5.75 Å². The zero-order chi connectivity index (χ0) is 13.9. The molecule has 3 heteroatoms. The Kier molecular flexibility index (Phi) is 3.83. The molecule has 1 heterocycles. The molecular weight excluding hydrogens is 270 g/mol. The van der Waals surface area contributed by atoms with E-state index in [0.29, 0.717) is 12.5 Å². The van der Waals surface area contributed by atoms with Gasteiger partial charge in [0.05, 0.1) is 6.61 Å². The SMILES string of the molecule is CCOc1ccc2c(c1)CC(c1ccc(Cl)cc1)CN2. The predicted molar refractivity (Wildman–Crippen MR) is 84.0 cm³/mol. The van der Waals surface area contributed by atoms with Gasteiger partial charge in [0.1, 0.15) is 5.75 Å². The zero-order valence-corrected chi connectivity index (χ0v) is 12.3. The van der Waals surface area contributed by atoms with E-state index in [1.807, 2.05) is 25.1 Å². The average molecular weight is 288 g/mol. The number of halogens is 1. The van der Waals surface area contributed by atoms with E-state index in [2.05, 4.69) is 29.6 Å². The zero-order valence-electron chi connectivity index (χ0n) is 11.5. The summed E-state index contributed by atoms with van der Waals surface area (Å²) in [7, 11) is 0. The smallest absolute Gasteiger partial charge is 0.119 e. The van der Waals surface area contributed by atoms with Crippen LogP contribution in [0.1, 0.15) is 24.0 Å². The molecule has 104 valence electrons. The van der Waals surface area contributed by atoms with E-state index in [1.54, 1.807) is 0 Å². The number of anilines is 1. The van der Waals surface area contributed by atoms with Crippen LogP contribution in [0.5, 0.6) is 5.75 Å². The first-order chi connectivity index (χ1) is 9.76. The van der Waals surface area contributed by atoms with Crippen LogP contribution in [0.25, 0.3) is 0 Å². The summed E-state index contributed by atoms with van der Waals surface area (Å²) in [6.45, 7) is 3.67. The molecule has 1 atom stereocenters. The van der Waals surface area contributed by atoms with Gasteiger partial charge in [-0.1, -0.05) is 23.7 Å². The lowest BCUT2D eigenvalue weighted by atomic mass is 9.88. The maximum absolute atomic E-state index is 5.96. The highest BCUT2D eigenvalue weighted by atomic mass is 35.5. The lowest BCUT2D eigenvalue weighted by molar-refractivity contribution is 0.340. The van der Waals surface area contributed by atoms with Crippen molar-refractivity contribution in [1.29, 1.82) is 0 Å². The Hall–Kier alpha value is -1.67. The first-order valence-electron chi connectivity index (χ1n) is 7.01. The van der Waals surface area contributed by atoms with Crippen LogP contribution < -0.4 is 10.1 Å². The molecule has 2 aromatic carbocycles. The molecule has 1 N–H and O–H groups in total. The quantitative estimate of drug-likeness (QED) is 0.898. The van der Waals surface area contributed by atoms with E-state index in [9.17, 15) is 0 Å². The number of ether oxygens (including phenoxy) is 1. The lowest BCUT2D eigenvalue weighted by Gasteiger charge is -2.27. The number of hydrogen-bond donors (Lipinski definition) is 1. The normalized spacial score (nSPS) is 17.2. The van der Waals surface area contributed by atoms with Crippen LogP contribution in [0.2, 0.25) is 5.02 Å². The summed E-state index contributed by atoms with van der Waals surface area (Å²) in [5.74, 6) is 1.43. The van der Waals surface area contributed by atoms with Crippen molar-refractivity contribution in [1.82, 2.24) is 0 Å². The summed E-state index contributed by atoms with van der Waals surface area (Å²) < 4.78 is 5.58. The van der Waals surface area contributed by atoms with Crippen LogP contribution in [-0.4, -0.2) is 13.2 Å². The van der Waals surface area contributed by atoms with Crippen molar-refractivity contribution < 1.29 is 4.74 Å². The van der Waals surface area contributed by atoms with Crippen LogP contribution >= 0.6 is 11.6 Å². The van der Waals surface area contributed by atoms with Crippen molar-refractivity contribution in [3.05, 3.63) is 58.6 Å². The van der Waals surface area contributed by atoms with Gasteiger partial charge in [0.2, 0.25) is 0 Å². The third-order valence-electron chi connectivity index (χ3n) is 3.73. The minimum atomic E-state index is 0.483. The third kappa shape index (κ3) is 2.75. The van der Waals surface area contributed by atoms with Gasteiger partial charge >= 0.3 is 0 Å². The van der Waals surface area contributed by atoms with E-state index in [-0.39, 0.29) is 0 Å². The van der Waals surface area contributed by atoms with Gasteiger partial charge in [0, 0.05) is 23.2 Å². The van der Waals surface area contributed by atoms with E-state index in [1.165, 1.54) is 16.8 Å². The molecule has 0 spiro atoms. The second-order valence-corrected chi connectivity index (χ2v) is 5.52. The van der Waals surface area contributed by atoms with Crippen molar-refractivity contribution in [2.24, 2.45) is 0 Å². The summed E-state index contributed by atoms with van der Waals surface area (Å²) in [5.41, 5.74) is 3.87. The Morgan fingerprint density at radius 3 is 2.75 bits per heavy atom. The Labute approximate surface area is 124 Å². The number of hydrogen-bond acceptors (Lipinski definition) is 2. The lowest BCUT2D eigenvalue weighted by Crippen LogP contribution is -2.21. The molecule has 3 rings (SSSR count). The number of benzene rings is 2. The molecule has 1 aliphatic rings. The second-order valence-electron chi connectivity index (χ2n) is 5.09. The molecular formula is C17H18ClNO. The van der Waals surface area contributed by atoms with Gasteiger partial charge in [0.15, 0.2) is 0 Å². The highest BCUT2D eigenvalue weighted by Crippen LogP contribution is 2.33. The molecule has 20 heavy (non-hydrogen) atoms. The molecule has 0 radical (unpaired) electrons. The molecule has 2 nitrogen and oxygen atoms in total. The van der Waals surface area contributed by atoms with E-state index >= 15 is 0 Å². The summed E-state index contributed by atoms with van der Waals surface area (Å²) in [6.07, 6.45) is 1.03. The molecule has 1 unspecified atom stereocenters. The number of nitrogens with one attached hydrogen (secondary N) is 1. The van der Waals surface area contributed by atoms with E-state index in [0.717, 1.165) is 23.7 Å². The molecule has 0 amide bonds. The highest BCUT2D eigenvalue weighted by Gasteiger charge is 2.20. The van der Waals surface area contributed by atoms with Crippen molar-refractivity contribution in [2.45, 2.75) is 19.3 Å². The minimum Gasteiger partial charge on any atom is -0.494 e. The van der Waals surface area contributed by atoms with Crippen molar-refractivity contribution in [2.75, 3.05) is 18.5 Å². The topological polar surface area (TPSA) is 21.3 Å². The summed E-state index contributed by atoms with van der Waals surface area (Å²) in [4.78, 5) is 0. The van der Waals surface area contributed by atoms with E-state index in [4.69, 9.17) is 16.3 Å². The Morgan fingerprint density at radius 1 is 1.20 bits per heavy atom. The molecule has 1 aliphatic heterocycles. The molecule has 0 aromatic heterocycles. The van der Waals surface area contributed by atoms with Crippen LogP contribution in [0.4, 0.5) is 5.69 Å². The van der Waals surface area contributed by atoms with Crippen LogP contribution in [0.15, 0.2) is 42.5 Å². The first-order valence-corrected chi connectivity index (χ1v) is 7.39. The van der Waals surface area contributed by atoms with Crippen molar-refractivity contribution >= 4 is 17.3 Å². The minimum absolute atomic E-state index is 0.483. The van der Waals surface area contributed by atoms with Crippen LogP contribution in [-0.2, 0) is 6.42 Å². The first kappa shape index (κ1) is 13.3. The average Bonchev–Trinajstić information content (AvgIpc) is 2.48. The fraction of sp³-hybridized carbons (Fsp3) is 0.294. The Morgan fingerprint density at radius 2 is 2.00 bits per heavy atom. The molecule has 2 aromatic rings. The molecule has 0 bridgehead atoms. The third-order valence-corrected chi connectivity index (χ3v) is 3.99. The monoisotopic (exact) mass is 287 g/mol. The van der Waals surface area contributed by atoms with Gasteiger partial charge < -0.3 is 10.1 Å². The van der Waals surface area contributed by atoms with Gasteiger partial charge in [-0.2, -0.15) is 0 Å².